The first kappa shape index (κ1) is 12.3. The average Bonchev–Trinajstić information content (AvgIpc) is 2.28. The molecule has 0 atom stereocenters. The predicted octanol–water partition coefficient (Wildman–Crippen LogP) is 1.42. The van der Waals surface area contributed by atoms with Gasteiger partial charge < -0.3 is 10.8 Å². The number of nitrogens with zero attached hydrogens (tertiary/aromatic N) is 2. The zero-order valence-electron chi connectivity index (χ0n) is 9.47. The fourth-order valence-electron chi connectivity index (χ4n) is 1.22. The van der Waals surface area contributed by atoms with E-state index >= 15 is 0 Å². The first-order valence-corrected chi connectivity index (χ1v) is 5.07. The van der Waals surface area contributed by atoms with E-state index in [4.69, 9.17) is 5.53 Å². The highest BCUT2D eigenvalue weighted by Gasteiger charge is 2.27. The fourth-order valence-corrected chi connectivity index (χ4v) is 1.22. The number of hydrogen-bond donors (Lipinski definition) is 1. The standard InChI is InChI=1S/C12H15N3O/c1-12(2,11(16)9-15-13)14-8-10-6-4-3-5-7-10/h3-7,9,14H,8H2,1-2H3. The Balaban J connectivity index is 2.61. The number of carbonyl (C=O) groups is 1. The zero-order valence-corrected chi connectivity index (χ0v) is 9.47. The Morgan fingerprint density at radius 3 is 2.62 bits per heavy atom. The minimum Gasteiger partial charge on any atom is -0.361 e. The lowest BCUT2D eigenvalue weighted by Gasteiger charge is -2.21. The van der Waals surface area contributed by atoms with Crippen LogP contribution < -0.4 is 5.32 Å². The number of ketones is 1. The lowest BCUT2D eigenvalue weighted by atomic mass is 9.99. The molecule has 0 bridgehead atoms. The van der Waals surface area contributed by atoms with Gasteiger partial charge in [0.25, 0.3) is 5.78 Å². The Morgan fingerprint density at radius 2 is 2.06 bits per heavy atom. The molecule has 1 rings (SSSR count). The first-order chi connectivity index (χ1) is 7.56. The summed E-state index contributed by atoms with van der Waals surface area (Å²) in [5.41, 5.74) is 8.67. The molecule has 1 N–H and O–H groups in total. The molecule has 0 heterocycles. The van der Waals surface area contributed by atoms with Crippen LogP contribution in [0, 0.1) is 0 Å². The van der Waals surface area contributed by atoms with Gasteiger partial charge in [-0.25, -0.2) is 0 Å². The van der Waals surface area contributed by atoms with Crippen molar-refractivity contribution in [3.8, 4) is 0 Å². The van der Waals surface area contributed by atoms with Crippen molar-refractivity contribution in [2.45, 2.75) is 25.9 Å². The van der Waals surface area contributed by atoms with E-state index in [1.807, 2.05) is 30.3 Å². The number of Topliss-reactive ketones (excluding diaryl/α,β-unsaturated/α-hetero) is 1. The van der Waals surface area contributed by atoms with Crippen LogP contribution in [0.4, 0.5) is 0 Å². The summed E-state index contributed by atoms with van der Waals surface area (Å²) in [4.78, 5) is 14.3. The van der Waals surface area contributed by atoms with E-state index in [2.05, 4.69) is 10.1 Å². The van der Waals surface area contributed by atoms with Gasteiger partial charge in [-0.3, -0.25) is 4.79 Å². The van der Waals surface area contributed by atoms with Gasteiger partial charge in [0, 0.05) is 6.54 Å². The van der Waals surface area contributed by atoms with E-state index in [0.717, 1.165) is 11.8 Å². The minimum absolute atomic E-state index is 0.258. The van der Waals surface area contributed by atoms with Crippen molar-refractivity contribution >= 4 is 12.0 Å². The molecule has 0 aliphatic heterocycles. The summed E-state index contributed by atoms with van der Waals surface area (Å²) in [6, 6.07) is 9.79. The second kappa shape index (κ2) is 5.35. The molecule has 16 heavy (non-hydrogen) atoms. The summed E-state index contributed by atoms with van der Waals surface area (Å²) >= 11 is 0. The molecular formula is C12H15N3O. The van der Waals surface area contributed by atoms with E-state index in [1.54, 1.807) is 13.8 Å². The van der Waals surface area contributed by atoms with Crippen LogP contribution in [0.15, 0.2) is 30.3 Å². The molecule has 0 fully saturated rings. The van der Waals surface area contributed by atoms with E-state index in [1.165, 1.54) is 0 Å². The van der Waals surface area contributed by atoms with E-state index in [-0.39, 0.29) is 5.78 Å². The zero-order chi connectivity index (χ0) is 12.0. The van der Waals surface area contributed by atoms with E-state index < -0.39 is 5.54 Å². The monoisotopic (exact) mass is 217 g/mol. The quantitative estimate of drug-likeness (QED) is 0.460. The summed E-state index contributed by atoms with van der Waals surface area (Å²) in [5, 5.41) is 3.11. The number of nitrogens with one attached hydrogen (secondary N) is 1. The largest absolute Gasteiger partial charge is 0.361 e. The molecule has 4 heteroatoms. The number of hydrogen-bond acceptors (Lipinski definition) is 2. The van der Waals surface area contributed by atoms with Crippen LogP contribution in [0.25, 0.3) is 5.53 Å². The summed E-state index contributed by atoms with van der Waals surface area (Å²) in [6.45, 7) is 4.10. The van der Waals surface area contributed by atoms with Crippen molar-refractivity contribution in [2.75, 3.05) is 0 Å². The molecule has 0 saturated carbocycles. The first-order valence-electron chi connectivity index (χ1n) is 5.07. The lowest BCUT2D eigenvalue weighted by Crippen LogP contribution is -2.47. The smallest absolute Gasteiger partial charge is 0.325 e. The molecule has 0 spiro atoms. The van der Waals surface area contributed by atoms with E-state index in [9.17, 15) is 4.79 Å². The van der Waals surface area contributed by atoms with Crippen molar-refractivity contribution in [1.82, 2.24) is 5.32 Å². The Hall–Kier alpha value is -1.77. The molecule has 0 saturated heterocycles. The third-order valence-corrected chi connectivity index (χ3v) is 2.37. The summed E-state index contributed by atoms with van der Waals surface area (Å²) < 4.78 is 0. The van der Waals surface area contributed by atoms with Crippen molar-refractivity contribution < 1.29 is 9.58 Å². The molecule has 0 unspecified atom stereocenters. The number of benzene rings is 1. The van der Waals surface area contributed by atoms with Crippen LogP contribution >= 0.6 is 0 Å². The molecule has 0 amide bonds. The SMILES string of the molecule is CC(C)(NCc1ccccc1)C(=O)C=[N+]=[N-]. The van der Waals surface area contributed by atoms with Gasteiger partial charge in [0.05, 0.1) is 5.54 Å². The van der Waals surface area contributed by atoms with Gasteiger partial charge >= 0.3 is 6.21 Å². The summed E-state index contributed by atoms with van der Waals surface area (Å²) in [7, 11) is 0. The van der Waals surface area contributed by atoms with Gasteiger partial charge in [0.15, 0.2) is 0 Å². The predicted molar refractivity (Wildman–Crippen MR) is 62.1 cm³/mol. The molecule has 0 radical (unpaired) electrons. The Morgan fingerprint density at radius 1 is 1.44 bits per heavy atom. The molecule has 84 valence electrons. The third-order valence-electron chi connectivity index (χ3n) is 2.37. The van der Waals surface area contributed by atoms with Crippen LogP contribution in [0.3, 0.4) is 0 Å². The van der Waals surface area contributed by atoms with Crippen LogP contribution in [-0.4, -0.2) is 22.3 Å². The fraction of sp³-hybridized carbons (Fsp3) is 0.333. The molecule has 0 aromatic heterocycles. The van der Waals surface area contributed by atoms with Gasteiger partial charge in [-0.15, -0.1) is 0 Å². The highest BCUT2D eigenvalue weighted by Crippen LogP contribution is 2.05. The van der Waals surface area contributed by atoms with Crippen molar-refractivity contribution in [3.05, 3.63) is 41.4 Å². The molecule has 0 aliphatic carbocycles. The molecule has 0 aliphatic rings. The Labute approximate surface area is 94.9 Å². The van der Waals surface area contributed by atoms with Crippen molar-refractivity contribution in [1.29, 1.82) is 0 Å². The normalized spacial score (nSPS) is 10.6. The van der Waals surface area contributed by atoms with Gasteiger partial charge in [0.2, 0.25) is 0 Å². The van der Waals surface area contributed by atoms with Crippen LogP contribution in [-0.2, 0) is 11.3 Å². The van der Waals surface area contributed by atoms with Crippen LogP contribution in [0.1, 0.15) is 19.4 Å². The van der Waals surface area contributed by atoms with Crippen molar-refractivity contribution in [2.24, 2.45) is 0 Å². The van der Waals surface area contributed by atoms with Gasteiger partial charge in [-0.05, 0) is 19.4 Å². The van der Waals surface area contributed by atoms with Crippen molar-refractivity contribution in [3.63, 3.8) is 0 Å². The highest BCUT2D eigenvalue weighted by molar-refractivity contribution is 6.29. The topological polar surface area (TPSA) is 65.5 Å². The maximum absolute atomic E-state index is 11.5. The maximum atomic E-state index is 11.5. The molecule has 1 aromatic rings. The Bertz CT molecular complexity index is 406. The summed E-state index contributed by atoms with van der Waals surface area (Å²) in [6.07, 6.45) is 0.915. The second-order valence-electron chi connectivity index (χ2n) is 4.07. The van der Waals surface area contributed by atoms with Crippen LogP contribution in [0.2, 0.25) is 0 Å². The van der Waals surface area contributed by atoms with E-state index in [0.29, 0.717) is 6.54 Å². The van der Waals surface area contributed by atoms with Gasteiger partial charge in [-0.1, -0.05) is 30.3 Å². The molecule has 4 nitrogen and oxygen atoms in total. The number of rotatable bonds is 5. The molecule has 1 aromatic carbocycles. The molecular weight excluding hydrogens is 202 g/mol. The third kappa shape index (κ3) is 3.42. The average molecular weight is 217 g/mol. The lowest BCUT2D eigenvalue weighted by molar-refractivity contribution is -0.121. The van der Waals surface area contributed by atoms with Gasteiger partial charge in [-0.2, -0.15) is 4.79 Å². The van der Waals surface area contributed by atoms with Crippen LogP contribution in [0.5, 0.6) is 0 Å². The maximum Gasteiger partial charge on any atom is 0.325 e. The summed E-state index contributed by atoms with van der Waals surface area (Å²) in [5.74, 6) is -0.258. The highest BCUT2D eigenvalue weighted by atomic mass is 16.1. The number of carbonyl (C=O) groups excluding carboxylic acids is 1. The minimum atomic E-state index is -0.734. The van der Waals surface area contributed by atoms with Gasteiger partial charge in [0.1, 0.15) is 0 Å². The Kier molecular flexibility index (Phi) is 4.11. The second-order valence-corrected chi connectivity index (χ2v) is 4.07.